The zero-order valence-electron chi connectivity index (χ0n) is 8.55. The molecule has 3 unspecified atom stereocenters. The third-order valence-electron chi connectivity index (χ3n) is 4.34. The molecule has 4 atom stereocenters. The fraction of sp³-hybridized carbons (Fsp3) is 1.00. The van der Waals surface area contributed by atoms with E-state index in [4.69, 9.17) is 0 Å². The predicted molar refractivity (Wildman–Crippen MR) is 53.0 cm³/mol. The second-order valence-corrected chi connectivity index (χ2v) is 5.09. The van der Waals surface area contributed by atoms with Crippen molar-refractivity contribution in [1.29, 1.82) is 0 Å². The summed E-state index contributed by atoms with van der Waals surface area (Å²) in [4.78, 5) is 0. The number of fused-ring (bicyclic) bond motifs is 1. The van der Waals surface area contributed by atoms with Crippen molar-refractivity contribution >= 4 is 0 Å². The molecule has 2 aliphatic carbocycles. The van der Waals surface area contributed by atoms with E-state index < -0.39 is 0 Å². The van der Waals surface area contributed by atoms with Crippen LogP contribution in [-0.4, -0.2) is 0 Å². The maximum Gasteiger partial charge on any atom is -0.0357 e. The minimum atomic E-state index is 1.03. The summed E-state index contributed by atoms with van der Waals surface area (Å²) >= 11 is 0. The van der Waals surface area contributed by atoms with Gasteiger partial charge < -0.3 is 0 Å². The van der Waals surface area contributed by atoms with Gasteiger partial charge in [-0.05, 0) is 49.4 Å². The third kappa shape index (κ3) is 1.41. The number of hydrogen-bond acceptors (Lipinski definition) is 0. The summed E-state index contributed by atoms with van der Waals surface area (Å²) in [6.07, 6.45) is 9.13. The Hall–Kier alpha value is 0. The van der Waals surface area contributed by atoms with E-state index in [0.29, 0.717) is 0 Å². The lowest BCUT2D eigenvalue weighted by Crippen LogP contribution is -2.22. The average Bonchev–Trinajstić information content (AvgIpc) is 2.46. The SMILES string of the molecule is CCC1CCC2C[C@H](C)CCC12. The van der Waals surface area contributed by atoms with E-state index in [2.05, 4.69) is 13.8 Å². The van der Waals surface area contributed by atoms with E-state index in [1.54, 1.807) is 25.7 Å². The molecule has 2 rings (SSSR count). The molecule has 2 aliphatic rings. The lowest BCUT2D eigenvalue weighted by atomic mass is 9.73. The summed E-state index contributed by atoms with van der Waals surface area (Å²) in [5.74, 6) is 4.38. The molecular formula is C12H22. The Morgan fingerprint density at radius 2 is 1.92 bits per heavy atom. The first-order valence-corrected chi connectivity index (χ1v) is 5.81. The van der Waals surface area contributed by atoms with Crippen LogP contribution in [0.15, 0.2) is 0 Å². The maximum atomic E-state index is 2.44. The largest absolute Gasteiger partial charge is 0.0651 e. The van der Waals surface area contributed by atoms with Crippen LogP contribution >= 0.6 is 0 Å². The molecule has 12 heavy (non-hydrogen) atoms. The van der Waals surface area contributed by atoms with Gasteiger partial charge in [0.15, 0.2) is 0 Å². The quantitative estimate of drug-likeness (QED) is 0.555. The van der Waals surface area contributed by atoms with Crippen LogP contribution in [-0.2, 0) is 0 Å². The highest BCUT2D eigenvalue weighted by Gasteiger charge is 2.37. The van der Waals surface area contributed by atoms with Crippen molar-refractivity contribution in [3.8, 4) is 0 Å². The molecule has 2 fully saturated rings. The molecular weight excluding hydrogens is 144 g/mol. The van der Waals surface area contributed by atoms with Crippen LogP contribution < -0.4 is 0 Å². The summed E-state index contributed by atoms with van der Waals surface area (Å²) in [6, 6.07) is 0. The van der Waals surface area contributed by atoms with Gasteiger partial charge in [-0.25, -0.2) is 0 Å². The summed E-state index contributed by atoms with van der Waals surface area (Å²) < 4.78 is 0. The average molecular weight is 166 g/mol. The molecule has 70 valence electrons. The molecule has 0 aromatic rings. The summed E-state index contributed by atoms with van der Waals surface area (Å²) in [5, 5.41) is 0. The zero-order valence-corrected chi connectivity index (χ0v) is 8.55. The molecule has 0 saturated heterocycles. The molecule has 0 aromatic carbocycles. The monoisotopic (exact) mass is 166 g/mol. The molecule has 0 bridgehead atoms. The highest BCUT2D eigenvalue weighted by Crippen LogP contribution is 2.48. The highest BCUT2D eigenvalue weighted by molar-refractivity contribution is 4.88. The summed E-state index contributed by atoms with van der Waals surface area (Å²) in [5.41, 5.74) is 0. The smallest absolute Gasteiger partial charge is 0.0357 e. The van der Waals surface area contributed by atoms with Crippen LogP contribution in [0.5, 0.6) is 0 Å². The second-order valence-electron chi connectivity index (χ2n) is 5.09. The minimum Gasteiger partial charge on any atom is -0.0651 e. The standard InChI is InChI=1S/C12H22/c1-3-10-5-6-11-8-9(2)4-7-12(10)11/h9-12H,3-8H2,1-2H3/t9-,10?,11?,12?/m1/s1. The fourth-order valence-electron chi connectivity index (χ4n) is 3.62. The van der Waals surface area contributed by atoms with Gasteiger partial charge in [0.25, 0.3) is 0 Å². The van der Waals surface area contributed by atoms with E-state index in [-0.39, 0.29) is 0 Å². The Bertz CT molecular complexity index is 150. The van der Waals surface area contributed by atoms with Crippen molar-refractivity contribution in [2.24, 2.45) is 23.7 Å². The highest BCUT2D eigenvalue weighted by atomic mass is 14.4. The van der Waals surface area contributed by atoms with Gasteiger partial charge in [-0.3, -0.25) is 0 Å². The Kier molecular flexibility index (Phi) is 2.43. The van der Waals surface area contributed by atoms with Crippen LogP contribution in [0.3, 0.4) is 0 Å². The first-order chi connectivity index (χ1) is 5.81. The molecule has 0 heterocycles. The summed E-state index contributed by atoms with van der Waals surface area (Å²) in [7, 11) is 0. The number of rotatable bonds is 1. The van der Waals surface area contributed by atoms with Gasteiger partial charge in [0.2, 0.25) is 0 Å². The Labute approximate surface area is 76.7 Å². The number of hydrogen-bond donors (Lipinski definition) is 0. The van der Waals surface area contributed by atoms with Crippen LogP contribution in [0.25, 0.3) is 0 Å². The molecule has 0 aliphatic heterocycles. The van der Waals surface area contributed by atoms with Gasteiger partial charge in [-0.2, -0.15) is 0 Å². The van der Waals surface area contributed by atoms with Gasteiger partial charge in [0.05, 0.1) is 0 Å². The molecule has 0 heteroatoms. The van der Waals surface area contributed by atoms with Crippen molar-refractivity contribution in [1.82, 2.24) is 0 Å². The van der Waals surface area contributed by atoms with Gasteiger partial charge in [-0.1, -0.05) is 26.7 Å². The molecule has 0 radical (unpaired) electrons. The van der Waals surface area contributed by atoms with E-state index >= 15 is 0 Å². The molecule has 0 spiro atoms. The predicted octanol–water partition coefficient (Wildman–Crippen LogP) is 3.86. The van der Waals surface area contributed by atoms with Crippen LogP contribution in [0.2, 0.25) is 0 Å². The third-order valence-corrected chi connectivity index (χ3v) is 4.34. The van der Waals surface area contributed by atoms with Gasteiger partial charge >= 0.3 is 0 Å². The first-order valence-electron chi connectivity index (χ1n) is 5.81. The molecule has 0 N–H and O–H groups in total. The van der Waals surface area contributed by atoms with Crippen molar-refractivity contribution < 1.29 is 0 Å². The molecule has 2 saturated carbocycles. The Morgan fingerprint density at radius 1 is 1.08 bits per heavy atom. The van der Waals surface area contributed by atoms with E-state index in [1.807, 2.05) is 0 Å². The van der Waals surface area contributed by atoms with Crippen LogP contribution in [0, 0.1) is 23.7 Å². The van der Waals surface area contributed by atoms with Crippen molar-refractivity contribution in [2.45, 2.75) is 52.4 Å². The fourth-order valence-corrected chi connectivity index (χ4v) is 3.62. The van der Waals surface area contributed by atoms with Crippen LogP contribution in [0.4, 0.5) is 0 Å². The van der Waals surface area contributed by atoms with E-state index in [9.17, 15) is 0 Å². The molecule has 0 amide bonds. The van der Waals surface area contributed by atoms with Crippen molar-refractivity contribution in [2.75, 3.05) is 0 Å². The van der Waals surface area contributed by atoms with E-state index in [0.717, 1.165) is 23.7 Å². The van der Waals surface area contributed by atoms with Crippen LogP contribution in [0.1, 0.15) is 52.4 Å². The van der Waals surface area contributed by atoms with Crippen molar-refractivity contribution in [3.05, 3.63) is 0 Å². The van der Waals surface area contributed by atoms with Gasteiger partial charge in [0, 0.05) is 0 Å². The lowest BCUT2D eigenvalue weighted by molar-refractivity contribution is 0.183. The lowest BCUT2D eigenvalue weighted by Gasteiger charge is -2.32. The molecule has 0 aromatic heterocycles. The minimum absolute atomic E-state index is 1.03. The zero-order chi connectivity index (χ0) is 8.55. The second kappa shape index (κ2) is 3.40. The summed E-state index contributed by atoms with van der Waals surface area (Å²) in [6.45, 7) is 4.82. The van der Waals surface area contributed by atoms with Gasteiger partial charge in [0.1, 0.15) is 0 Å². The first kappa shape index (κ1) is 8.59. The Morgan fingerprint density at radius 3 is 2.67 bits per heavy atom. The normalized spacial score (nSPS) is 47.5. The van der Waals surface area contributed by atoms with E-state index in [1.165, 1.54) is 12.8 Å². The maximum absolute atomic E-state index is 2.44. The van der Waals surface area contributed by atoms with Gasteiger partial charge in [-0.15, -0.1) is 0 Å². The van der Waals surface area contributed by atoms with Crippen molar-refractivity contribution in [3.63, 3.8) is 0 Å². The topological polar surface area (TPSA) is 0 Å². The Balaban J connectivity index is 1.98. The molecule has 0 nitrogen and oxygen atoms in total.